The quantitative estimate of drug-likeness (QED) is 0.390. The SMILES string of the molecule is CC(C)(C)OC(=O)Cn1nc(Cc2nc3cc(OC(F)(F)F)c(Cl)cc3[nH]2)c2ccccc2c1=O. The Kier molecular flexibility index (Phi) is 6.22. The first-order chi connectivity index (χ1) is 16.3. The van der Waals surface area contributed by atoms with Crippen LogP contribution >= 0.6 is 11.6 Å². The number of ether oxygens (including phenoxy) is 2. The van der Waals surface area contributed by atoms with Crippen molar-refractivity contribution in [2.45, 2.75) is 45.7 Å². The Labute approximate surface area is 201 Å². The summed E-state index contributed by atoms with van der Waals surface area (Å²) in [4.78, 5) is 32.6. The van der Waals surface area contributed by atoms with Crippen LogP contribution in [0.15, 0.2) is 41.2 Å². The van der Waals surface area contributed by atoms with Crippen LogP contribution in [-0.2, 0) is 22.5 Å². The van der Waals surface area contributed by atoms with Crippen molar-refractivity contribution in [1.29, 1.82) is 0 Å². The van der Waals surface area contributed by atoms with Crippen LogP contribution in [0.4, 0.5) is 13.2 Å². The molecule has 0 radical (unpaired) electrons. The summed E-state index contributed by atoms with van der Waals surface area (Å²) in [6.45, 7) is 4.76. The van der Waals surface area contributed by atoms with E-state index in [0.717, 1.165) is 10.7 Å². The molecule has 2 aromatic carbocycles. The number of hydrogen-bond acceptors (Lipinski definition) is 6. The second-order valence-corrected chi connectivity index (χ2v) is 9.16. The molecule has 0 bridgehead atoms. The van der Waals surface area contributed by atoms with E-state index >= 15 is 0 Å². The van der Waals surface area contributed by atoms with E-state index in [0.29, 0.717) is 27.8 Å². The highest BCUT2D eigenvalue weighted by Crippen LogP contribution is 2.33. The molecule has 8 nitrogen and oxygen atoms in total. The molecule has 0 saturated carbocycles. The fourth-order valence-electron chi connectivity index (χ4n) is 3.55. The van der Waals surface area contributed by atoms with Crippen molar-refractivity contribution in [3.05, 3.63) is 63.3 Å². The smallest absolute Gasteiger partial charge is 0.459 e. The molecule has 0 aliphatic carbocycles. The molecule has 0 aliphatic rings. The van der Waals surface area contributed by atoms with Gasteiger partial charge in [0.2, 0.25) is 0 Å². The first kappa shape index (κ1) is 24.5. The van der Waals surface area contributed by atoms with Gasteiger partial charge < -0.3 is 14.5 Å². The molecule has 0 unspecified atom stereocenters. The van der Waals surface area contributed by atoms with Crippen molar-refractivity contribution in [1.82, 2.24) is 19.7 Å². The van der Waals surface area contributed by atoms with Crippen LogP contribution in [0.25, 0.3) is 21.8 Å². The minimum Gasteiger partial charge on any atom is -0.459 e. The van der Waals surface area contributed by atoms with Gasteiger partial charge >= 0.3 is 12.3 Å². The molecule has 0 aliphatic heterocycles. The fraction of sp³-hybridized carbons (Fsp3) is 0.304. The summed E-state index contributed by atoms with van der Waals surface area (Å²) < 4.78 is 48.2. The number of esters is 1. The molecule has 35 heavy (non-hydrogen) atoms. The fourth-order valence-corrected chi connectivity index (χ4v) is 3.75. The lowest BCUT2D eigenvalue weighted by Gasteiger charge is -2.19. The Bertz CT molecular complexity index is 1490. The van der Waals surface area contributed by atoms with Crippen LogP contribution in [-0.4, -0.2) is 37.7 Å². The molecule has 4 rings (SSSR count). The van der Waals surface area contributed by atoms with E-state index in [9.17, 15) is 22.8 Å². The zero-order valence-electron chi connectivity index (χ0n) is 18.9. The average Bonchev–Trinajstić information content (AvgIpc) is 3.10. The third kappa shape index (κ3) is 5.73. The zero-order valence-corrected chi connectivity index (χ0v) is 19.6. The van der Waals surface area contributed by atoms with Crippen molar-refractivity contribution in [3.8, 4) is 5.75 Å². The number of H-pyrrole nitrogens is 1. The van der Waals surface area contributed by atoms with Gasteiger partial charge in [-0.05, 0) is 32.9 Å². The highest BCUT2D eigenvalue weighted by Gasteiger charge is 2.32. The first-order valence-corrected chi connectivity index (χ1v) is 10.8. The second-order valence-electron chi connectivity index (χ2n) is 8.75. The molecular formula is C23H20ClF3N4O4. The molecule has 4 aromatic rings. The summed E-state index contributed by atoms with van der Waals surface area (Å²) in [6.07, 6.45) is -4.81. The van der Waals surface area contributed by atoms with Crippen molar-refractivity contribution in [2.75, 3.05) is 0 Å². The Morgan fingerprint density at radius 2 is 1.83 bits per heavy atom. The maximum Gasteiger partial charge on any atom is 0.573 e. The lowest BCUT2D eigenvalue weighted by Crippen LogP contribution is -2.32. The normalized spacial score (nSPS) is 12.3. The van der Waals surface area contributed by atoms with Gasteiger partial charge in [0.05, 0.1) is 33.6 Å². The van der Waals surface area contributed by atoms with E-state index in [4.69, 9.17) is 16.3 Å². The number of carbonyl (C=O) groups excluding carboxylic acids is 1. The predicted molar refractivity (Wildman–Crippen MR) is 122 cm³/mol. The van der Waals surface area contributed by atoms with E-state index < -0.39 is 29.2 Å². The van der Waals surface area contributed by atoms with Crippen molar-refractivity contribution >= 4 is 39.4 Å². The molecule has 0 spiro atoms. The number of nitrogens with zero attached hydrogens (tertiary/aromatic N) is 3. The molecule has 2 heterocycles. The Balaban J connectivity index is 1.72. The third-order valence-electron chi connectivity index (χ3n) is 4.79. The molecular weight excluding hydrogens is 489 g/mol. The summed E-state index contributed by atoms with van der Waals surface area (Å²) in [7, 11) is 0. The molecule has 0 amide bonds. The summed E-state index contributed by atoms with van der Waals surface area (Å²) >= 11 is 5.92. The van der Waals surface area contributed by atoms with Gasteiger partial charge in [0.25, 0.3) is 5.56 Å². The van der Waals surface area contributed by atoms with Crippen molar-refractivity contribution in [2.24, 2.45) is 0 Å². The number of imidazole rings is 1. The minimum absolute atomic E-state index is 0.0941. The van der Waals surface area contributed by atoms with E-state index in [2.05, 4.69) is 19.8 Å². The number of halogens is 4. The molecule has 2 aromatic heterocycles. The van der Waals surface area contributed by atoms with Gasteiger partial charge in [-0.15, -0.1) is 13.2 Å². The van der Waals surface area contributed by atoms with Crippen LogP contribution in [0, 0.1) is 0 Å². The Hall–Kier alpha value is -3.60. The second kappa shape index (κ2) is 8.88. The van der Waals surface area contributed by atoms with Gasteiger partial charge in [-0.25, -0.2) is 9.67 Å². The molecule has 0 atom stereocenters. The lowest BCUT2D eigenvalue weighted by atomic mass is 10.1. The molecule has 1 N–H and O–H groups in total. The first-order valence-electron chi connectivity index (χ1n) is 10.4. The van der Waals surface area contributed by atoms with Gasteiger partial charge in [0.15, 0.2) is 0 Å². The number of benzene rings is 2. The number of fused-ring (bicyclic) bond motifs is 2. The molecule has 184 valence electrons. The van der Waals surface area contributed by atoms with E-state index in [1.54, 1.807) is 45.0 Å². The third-order valence-corrected chi connectivity index (χ3v) is 5.08. The average molecular weight is 509 g/mol. The summed E-state index contributed by atoms with van der Waals surface area (Å²) in [5.41, 5.74) is -0.160. The number of carbonyl (C=O) groups is 1. The number of alkyl halides is 3. The van der Waals surface area contributed by atoms with Crippen LogP contribution in [0.5, 0.6) is 5.75 Å². The highest BCUT2D eigenvalue weighted by atomic mass is 35.5. The number of nitrogens with one attached hydrogen (secondary N) is 1. The van der Waals surface area contributed by atoms with Gasteiger partial charge in [-0.3, -0.25) is 9.59 Å². The van der Waals surface area contributed by atoms with E-state index in [1.165, 1.54) is 6.07 Å². The van der Waals surface area contributed by atoms with Crippen LogP contribution in [0.3, 0.4) is 0 Å². The van der Waals surface area contributed by atoms with Gasteiger partial charge in [-0.2, -0.15) is 5.10 Å². The maximum absolute atomic E-state index is 12.9. The predicted octanol–water partition coefficient (Wildman–Crippen LogP) is 4.76. The van der Waals surface area contributed by atoms with Crippen molar-refractivity contribution < 1.29 is 27.4 Å². The monoisotopic (exact) mass is 508 g/mol. The zero-order chi connectivity index (χ0) is 25.5. The number of aromatic amines is 1. The molecule has 0 fully saturated rings. The topological polar surface area (TPSA) is 99.1 Å². The maximum atomic E-state index is 12.9. The summed E-state index contributed by atoms with van der Waals surface area (Å²) in [5.74, 6) is -0.830. The van der Waals surface area contributed by atoms with Gasteiger partial charge in [0, 0.05) is 11.5 Å². The van der Waals surface area contributed by atoms with Gasteiger partial charge in [-0.1, -0.05) is 29.8 Å². The summed E-state index contributed by atoms with van der Waals surface area (Å²) in [6, 6.07) is 9.13. The Morgan fingerprint density at radius 1 is 1.14 bits per heavy atom. The largest absolute Gasteiger partial charge is 0.573 e. The van der Waals surface area contributed by atoms with Crippen molar-refractivity contribution in [3.63, 3.8) is 0 Å². The highest BCUT2D eigenvalue weighted by molar-refractivity contribution is 6.32. The Morgan fingerprint density at radius 3 is 2.49 bits per heavy atom. The standard InChI is InChI=1S/C23H20ClF3N4O4/c1-22(2,3)35-20(32)11-31-21(33)13-7-5-4-6-12(13)15(30-31)10-19-28-16-8-14(24)18(9-17(16)29-19)34-23(25,26)27/h4-9H,10-11H2,1-3H3,(H,28,29). The van der Waals surface area contributed by atoms with Crippen LogP contribution in [0.1, 0.15) is 32.3 Å². The summed E-state index contributed by atoms with van der Waals surface area (Å²) in [5, 5.41) is 5.03. The number of rotatable bonds is 5. The number of hydrogen-bond donors (Lipinski definition) is 1. The van der Waals surface area contributed by atoms with E-state index in [-0.39, 0.29) is 23.5 Å². The van der Waals surface area contributed by atoms with Crippen LogP contribution in [0.2, 0.25) is 5.02 Å². The molecule has 0 saturated heterocycles. The van der Waals surface area contributed by atoms with Gasteiger partial charge in [0.1, 0.15) is 23.7 Å². The molecule has 12 heteroatoms. The lowest BCUT2D eigenvalue weighted by molar-refractivity contribution is -0.274. The minimum atomic E-state index is -4.90. The number of aromatic nitrogens is 4. The van der Waals surface area contributed by atoms with E-state index in [1.807, 2.05) is 0 Å². The van der Waals surface area contributed by atoms with Crippen LogP contribution < -0.4 is 10.3 Å².